The highest BCUT2D eigenvalue weighted by Gasteiger charge is 2.39. The molecule has 0 aromatic rings. The number of hydrogen-bond donors (Lipinski definition) is 1. The number of methoxy groups -OCH3 is 1. The average Bonchev–Trinajstić information content (AvgIpc) is 2.28. The van der Waals surface area contributed by atoms with Gasteiger partial charge in [0, 0.05) is 5.54 Å². The Hall–Kier alpha value is -0.570. The molecule has 3 nitrogen and oxygen atoms in total. The van der Waals surface area contributed by atoms with Crippen LogP contribution in [0.15, 0.2) is 0 Å². The standard InChI is InChI=1S/C8H15NO2/c1-8(2)6(4-5-9-8)7(10)11-3/h6,9H,4-5H2,1-3H3. The van der Waals surface area contributed by atoms with Crippen LogP contribution in [-0.4, -0.2) is 25.2 Å². The van der Waals surface area contributed by atoms with Crippen molar-refractivity contribution in [1.82, 2.24) is 5.32 Å². The van der Waals surface area contributed by atoms with Crippen molar-refractivity contribution in [2.75, 3.05) is 13.7 Å². The Balaban J connectivity index is 2.64. The normalized spacial score (nSPS) is 28.5. The summed E-state index contributed by atoms with van der Waals surface area (Å²) in [6.07, 6.45) is 0.889. The molecule has 0 aromatic heterocycles. The lowest BCUT2D eigenvalue weighted by Crippen LogP contribution is -2.41. The van der Waals surface area contributed by atoms with Crippen molar-refractivity contribution >= 4 is 5.97 Å². The number of carbonyl (C=O) groups is 1. The van der Waals surface area contributed by atoms with E-state index in [0.29, 0.717) is 0 Å². The molecule has 1 N–H and O–H groups in total. The lowest BCUT2D eigenvalue weighted by atomic mass is 9.89. The molecule has 1 aliphatic heterocycles. The van der Waals surface area contributed by atoms with Gasteiger partial charge in [0.1, 0.15) is 0 Å². The van der Waals surface area contributed by atoms with Gasteiger partial charge in [0.15, 0.2) is 0 Å². The molecule has 0 spiro atoms. The van der Waals surface area contributed by atoms with E-state index in [1.54, 1.807) is 0 Å². The SMILES string of the molecule is COC(=O)C1CCNC1(C)C. The predicted octanol–water partition coefficient (Wildman–Crippen LogP) is 0.547. The second kappa shape index (κ2) is 2.81. The van der Waals surface area contributed by atoms with Gasteiger partial charge in [0.25, 0.3) is 0 Å². The fraction of sp³-hybridized carbons (Fsp3) is 0.875. The molecular formula is C8H15NO2. The largest absolute Gasteiger partial charge is 0.469 e. The summed E-state index contributed by atoms with van der Waals surface area (Å²) in [5, 5.41) is 3.26. The van der Waals surface area contributed by atoms with Crippen LogP contribution in [0.5, 0.6) is 0 Å². The monoisotopic (exact) mass is 157 g/mol. The Morgan fingerprint density at radius 2 is 2.27 bits per heavy atom. The van der Waals surface area contributed by atoms with Crippen LogP contribution in [0.1, 0.15) is 20.3 Å². The number of carbonyl (C=O) groups excluding carboxylic acids is 1. The molecule has 1 rings (SSSR count). The van der Waals surface area contributed by atoms with Crippen LogP contribution in [0, 0.1) is 5.92 Å². The molecule has 1 aliphatic rings. The molecule has 0 amide bonds. The fourth-order valence-corrected chi connectivity index (χ4v) is 1.58. The average molecular weight is 157 g/mol. The summed E-state index contributed by atoms with van der Waals surface area (Å²) in [4.78, 5) is 11.2. The lowest BCUT2D eigenvalue weighted by Gasteiger charge is -2.24. The van der Waals surface area contributed by atoms with Crippen molar-refractivity contribution in [2.24, 2.45) is 5.92 Å². The molecule has 0 bridgehead atoms. The van der Waals surface area contributed by atoms with Crippen molar-refractivity contribution in [3.63, 3.8) is 0 Å². The van der Waals surface area contributed by atoms with Gasteiger partial charge < -0.3 is 10.1 Å². The first-order valence-corrected chi connectivity index (χ1v) is 3.91. The number of rotatable bonds is 1. The van der Waals surface area contributed by atoms with Gasteiger partial charge >= 0.3 is 5.97 Å². The van der Waals surface area contributed by atoms with Crippen LogP contribution in [0.2, 0.25) is 0 Å². The highest BCUT2D eigenvalue weighted by atomic mass is 16.5. The molecule has 1 fully saturated rings. The zero-order valence-corrected chi connectivity index (χ0v) is 7.31. The van der Waals surface area contributed by atoms with Gasteiger partial charge in [0.05, 0.1) is 13.0 Å². The molecule has 1 heterocycles. The summed E-state index contributed by atoms with van der Waals surface area (Å²) in [7, 11) is 1.44. The summed E-state index contributed by atoms with van der Waals surface area (Å²) in [6, 6.07) is 0. The van der Waals surface area contributed by atoms with E-state index in [-0.39, 0.29) is 17.4 Å². The molecule has 0 aromatic carbocycles. The van der Waals surface area contributed by atoms with Gasteiger partial charge in [-0.3, -0.25) is 4.79 Å². The molecule has 3 heteroatoms. The van der Waals surface area contributed by atoms with E-state index in [1.165, 1.54) is 7.11 Å². The van der Waals surface area contributed by atoms with Crippen molar-refractivity contribution in [2.45, 2.75) is 25.8 Å². The van der Waals surface area contributed by atoms with E-state index in [0.717, 1.165) is 13.0 Å². The van der Waals surface area contributed by atoms with E-state index < -0.39 is 0 Å². The molecule has 1 atom stereocenters. The minimum absolute atomic E-state index is 0.0208. The first-order chi connectivity index (χ1) is 5.08. The maximum Gasteiger partial charge on any atom is 0.310 e. The number of esters is 1. The lowest BCUT2D eigenvalue weighted by molar-refractivity contribution is -0.146. The molecule has 11 heavy (non-hydrogen) atoms. The minimum Gasteiger partial charge on any atom is -0.469 e. The first-order valence-electron chi connectivity index (χ1n) is 3.91. The third kappa shape index (κ3) is 1.53. The topological polar surface area (TPSA) is 38.3 Å². The van der Waals surface area contributed by atoms with Crippen molar-refractivity contribution in [1.29, 1.82) is 0 Å². The third-order valence-electron chi connectivity index (χ3n) is 2.37. The molecule has 1 unspecified atom stereocenters. The van der Waals surface area contributed by atoms with Gasteiger partial charge in [-0.05, 0) is 26.8 Å². The summed E-state index contributed by atoms with van der Waals surface area (Å²) < 4.78 is 4.69. The van der Waals surface area contributed by atoms with E-state index in [2.05, 4.69) is 5.32 Å². The predicted molar refractivity (Wildman–Crippen MR) is 42.2 cm³/mol. The second-order valence-electron chi connectivity index (χ2n) is 3.51. The second-order valence-corrected chi connectivity index (χ2v) is 3.51. The number of hydrogen-bond acceptors (Lipinski definition) is 3. The Morgan fingerprint density at radius 3 is 2.64 bits per heavy atom. The Bertz CT molecular complexity index is 165. The third-order valence-corrected chi connectivity index (χ3v) is 2.37. The van der Waals surface area contributed by atoms with E-state index in [9.17, 15) is 4.79 Å². The Labute approximate surface area is 67.1 Å². The summed E-state index contributed by atoms with van der Waals surface area (Å²) >= 11 is 0. The number of ether oxygens (including phenoxy) is 1. The highest BCUT2D eigenvalue weighted by Crippen LogP contribution is 2.26. The van der Waals surface area contributed by atoms with Crippen molar-refractivity contribution in [3.05, 3.63) is 0 Å². The molecule has 0 radical (unpaired) electrons. The molecule has 0 saturated carbocycles. The molecular weight excluding hydrogens is 142 g/mol. The quantitative estimate of drug-likeness (QED) is 0.565. The van der Waals surface area contributed by atoms with Crippen molar-refractivity contribution < 1.29 is 9.53 Å². The fourth-order valence-electron chi connectivity index (χ4n) is 1.58. The van der Waals surface area contributed by atoms with Crippen LogP contribution >= 0.6 is 0 Å². The van der Waals surface area contributed by atoms with Crippen LogP contribution in [0.4, 0.5) is 0 Å². The first kappa shape index (κ1) is 8.53. The van der Waals surface area contributed by atoms with Gasteiger partial charge in [-0.25, -0.2) is 0 Å². The van der Waals surface area contributed by atoms with Crippen LogP contribution < -0.4 is 5.32 Å². The van der Waals surface area contributed by atoms with Gasteiger partial charge in [0.2, 0.25) is 0 Å². The summed E-state index contributed by atoms with van der Waals surface area (Å²) in [5.74, 6) is -0.0764. The zero-order valence-electron chi connectivity index (χ0n) is 7.31. The Morgan fingerprint density at radius 1 is 1.64 bits per heavy atom. The maximum absolute atomic E-state index is 11.2. The number of nitrogens with one attached hydrogen (secondary N) is 1. The van der Waals surface area contributed by atoms with E-state index in [1.807, 2.05) is 13.8 Å². The van der Waals surface area contributed by atoms with E-state index >= 15 is 0 Å². The van der Waals surface area contributed by atoms with Crippen LogP contribution in [-0.2, 0) is 9.53 Å². The van der Waals surface area contributed by atoms with Crippen molar-refractivity contribution in [3.8, 4) is 0 Å². The zero-order chi connectivity index (χ0) is 8.48. The van der Waals surface area contributed by atoms with E-state index in [4.69, 9.17) is 4.74 Å². The van der Waals surface area contributed by atoms with Gasteiger partial charge in [-0.1, -0.05) is 0 Å². The van der Waals surface area contributed by atoms with Gasteiger partial charge in [-0.15, -0.1) is 0 Å². The highest BCUT2D eigenvalue weighted by molar-refractivity contribution is 5.74. The minimum atomic E-state index is -0.0972. The van der Waals surface area contributed by atoms with Crippen LogP contribution in [0.25, 0.3) is 0 Å². The maximum atomic E-state index is 11.2. The summed E-state index contributed by atoms with van der Waals surface area (Å²) in [5.41, 5.74) is -0.0902. The molecule has 1 saturated heterocycles. The smallest absolute Gasteiger partial charge is 0.310 e. The molecule has 0 aliphatic carbocycles. The van der Waals surface area contributed by atoms with Crippen LogP contribution in [0.3, 0.4) is 0 Å². The molecule has 64 valence electrons. The summed E-state index contributed by atoms with van der Waals surface area (Å²) in [6.45, 7) is 4.97. The van der Waals surface area contributed by atoms with Gasteiger partial charge in [-0.2, -0.15) is 0 Å². The Kier molecular flexibility index (Phi) is 2.18.